The van der Waals surface area contributed by atoms with Gasteiger partial charge < -0.3 is 21.1 Å². The molecule has 0 heterocycles. The van der Waals surface area contributed by atoms with E-state index < -0.39 is 20.0 Å². The third-order valence-corrected chi connectivity index (χ3v) is 7.70. The summed E-state index contributed by atoms with van der Waals surface area (Å²) in [6.07, 6.45) is 44.8. The van der Waals surface area contributed by atoms with Gasteiger partial charge in [-0.25, -0.2) is 4.57 Å². The highest BCUT2D eigenvalue weighted by Gasteiger charge is 2.26. The topological polar surface area (TPSA) is 131 Å². The molecule has 5 N–H and O–H groups in total. The summed E-state index contributed by atoms with van der Waals surface area (Å²) in [5.41, 5.74) is 5.33. The number of carbonyl (C=O) groups is 1. The van der Waals surface area contributed by atoms with Crippen LogP contribution in [0.25, 0.3) is 0 Å². The highest BCUT2D eigenvalue weighted by Crippen LogP contribution is 2.43. The molecule has 0 aromatic heterocycles. The Morgan fingerprint density at radius 2 is 1.28 bits per heavy atom. The molecule has 0 radical (unpaired) electrons. The lowest BCUT2D eigenvalue weighted by Gasteiger charge is -2.23. The number of aliphatic hydroxyl groups is 1. The average molecular weight is 675 g/mol. The lowest BCUT2D eigenvalue weighted by atomic mass is 10.1. The molecule has 8 nitrogen and oxygen atoms in total. The summed E-state index contributed by atoms with van der Waals surface area (Å²) in [6.45, 7) is 3.68. The van der Waals surface area contributed by atoms with E-state index in [0.29, 0.717) is 12.8 Å². The van der Waals surface area contributed by atoms with Crippen molar-refractivity contribution in [3.05, 3.63) is 97.2 Å². The molecule has 0 bridgehead atoms. The first-order valence-corrected chi connectivity index (χ1v) is 18.8. The smallest absolute Gasteiger partial charge is 0.387 e. The number of allylic oxidation sites excluding steroid dienone is 15. The SMILES string of the molecule is C/C=C/CC/C=C/CC/C=C/C(O)C(COP(=O)(O)OCCN)NC(=O)CCCCC/C=C\C/C=C\C/C=C\C/C=C\C/C=C\CC. The van der Waals surface area contributed by atoms with Gasteiger partial charge in [0.2, 0.25) is 5.91 Å². The zero-order valence-electron chi connectivity index (χ0n) is 29.0. The second kappa shape index (κ2) is 33.3. The molecular formula is C38H63N2O6P. The standard InChI is InChI=1S/C38H63N2O6P/c1-3-5-7-9-11-13-14-15-16-17-18-19-20-21-22-24-26-28-30-32-38(42)40-36(35-46-47(43,44)45-34-33-39)37(41)31-29-27-25-23-12-10-8-6-4-2/h4-7,11-13,15-16,18-19,21-23,29,31,36-37,41H,3,8-10,14,17,20,24-28,30,32-35,39H2,1-2H3,(H,40,42)(H,43,44)/b6-4+,7-5-,13-11-,16-15-,19-18-,22-21-,23-12+,31-29+. The molecule has 47 heavy (non-hydrogen) atoms. The van der Waals surface area contributed by atoms with Crippen molar-refractivity contribution in [1.82, 2.24) is 5.32 Å². The Morgan fingerprint density at radius 1 is 0.745 bits per heavy atom. The first-order chi connectivity index (χ1) is 22.9. The van der Waals surface area contributed by atoms with Crippen LogP contribution >= 0.6 is 7.82 Å². The van der Waals surface area contributed by atoms with Crippen molar-refractivity contribution < 1.29 is 28.4 Å². The molecule has 9 heteroatoms. The summed E-state index contributed by atoms with van der Waals surface area (Å²) in [7, 11) is -4.35. The van der Waals surface area contributed by atoms with E-state index in [0.717, 1.165) is 70.6 Å². The van der Waals surface area contributed by atoms with Gasteiger partial charge in [-0.3, -0.25) is 13.8 Å². The third kappa shape index (κ3) is 31.8. The van der Waals surface area contributed by atoms with Crippen molar-refractivity contribution in [3.8, 4) is 0 Å². The Balaban J connectivity index is 4.42. The summed E-state index contributed by atoms with van der Waals surface area (Å²) in [4.78, 5) is 22.5. The third-order valence-electron chi connectivity index (χ3n) is 6.72. The number of phosphoric acid groups is 1. The van der Waals surface area contributed by atoms with Crippen LogP contribution < -0.4 is 11.1 Å². The Hall–Kier alpha value is -2.58. The lowest BCUT2D eigenvalue weighted by Crippen LogP contribution is -2.45. The zero-order valence-corrected chi connectivity index (χ0v) is 29.9. The number of nitrogens with one attached hydrogen (secondary N) is 1. The fourth-order valence-corrected chi connectivity index (χ4v) is 4.89. The number of unbranched alkanes of at least 4 members (excludes halogenated alkanes) is 5. The van der Waals surface area contributed by atoms with Gasteiger partial charge >= 0.3 is 7.82 Å². The molecule has 1 amide bonds. The van der Waals surface area contributed by atoms with Crippen molar-refractivity contribution in [1.29, 1.82) is 0 Å². The van der Waals surface area contributed by atoms with Crippen LogP contribution in [0.5, 0.6) is 0 Å². The lowest BCUT2D eigenvalue weighted by molar-refractivity contribution is -0.123. The fourth-order valence-electron chi connectivity index (χ4n) is 4.13. The van der Waals surface area contributed by atoms with Gasteiger partial charge in [-0.1, -0.05) is 111 Å². The Labute approximate surface area is 285 Å². The Kier molecular flexibility index (Phi) is 31.5. The molecule has 0 saturated carbocycles. The van der Waals surface area contributed by atoms with E-state index in [9.17, 15) is 19.4 Å². The minimum atomic E-state index is -4.35. The van der Waals surface area contributed by atoms with Crippen LogP contribution in [-0.4, -0.2) is 47.8 Å². The highest BCUT2D eigenvalue weighted by molar-refractivity contribution is 7.47. The maximum absolute atomic E-state index is 12.6. The molecule has 0 aromatic carbocycles. The molecule has 0 aliphatic carbocycles. The number of rotatable bonds is 30. The van der Waals surface area contributed by atoms with E-state index in [1.807, 2.05) is 19.1 Å². The van der Waals surface area contributed by atoms with E-state index >= 15 is 0 Å². The number of hydrogen-bond donors (Lipinski definition) is 4. The molecule has 0 fully saturated rings. The molecular weight excluding hydrogens is 611 g/mol. The summed E-state index contributed by atoms with van der Waals surface area (Å²) < 4.78 is 21.9. The summed E-state index contributed by atoms with van der Waals surface area (Å²) in [5, 5.41) is 13.5. The predicted molar refractivity (Wildman–Crippen MR) is 198 cm³/mol. The first-order valence-electron chi connectivity index (χ1n) is 17.3. The molecule has 0 aliphatic rings. The van der Waals surface area contributed by atoms with Crippen molar-refractivity contribution in [3.63, 3.8) is 0 Å². The summed E-state index contributed by atoms with van der Waals surface area (Å²) >= 11 is 0. The average Bonchev–Trinajstić information content (AvgIpc) is 3.05. The number of phosphoric ester groups is 1. The second-order valence-corrected chi connectivity index (χ2v) is 12.4. The van der Waals surface area contributed by atoms with E-state index in [1.54, 1.807) is 6.08 Å². The summed E-state index contributed by atoms with van der Waals surface area (Å²) in [5.74, 6) is -0.249. The second-order valence-electron chi connectivity index (χ2n) is 11.0. The minimum Gasteiger partial charge on any atom is -0.387 e. The van der Waals surface area contributed by atoms with Crippen LogP contribution in [0.1, 0.15) is 104 Å². The van der Waals surface area contributed by atoms with Gasteiger partial charge in [0.1, 0.15) is 0 Å². The van der Waals surface area contributed by atoms with Crippen LogP contribution in [-0.2, 0) is 18.4 Å². The number of aliphatic hydroxyl groups excluding tert-OH is 1. The molecule has 3 atom stereocenters. The Bertz CT molecular complexity index is 1040. The van der Waals surface area contributed by atoms with Crippen molar-refractivity contribution in [2.45, 2.75) is 116 Å². The van der Waals surface area contributed by atoms with Gasteiger partial charge in [-0.15, -0.1) is 0 Å². The highest BCUT2D eigenvalue weighted by atomic mass is 31.2. The monoisotopic (exact) mass is 674 g/mol. The van der Waals surface area contributed by atoms with Crippen LogP contribution in [0.2, 0.25) is 0 Å². The normalized spacial score (nSPS) is 15.6. The van der Waals surface area contributed by atoms with E-state index in [1.165, 1.54) is 0 Å². The van der Waals surface area contributed by atoms with Gasteiger partial charge in [0.05, 0.1) is 25.4 Å². The van der Waals surface area contributed by atoms with E-state index in [4.69, 9.17) is 14.8 Å². The molecule has 3 unspecified atom stereocenters. The number of amides is 1. The van der Waals surface area contributed by atoms with Crippen LogP contribution in [0, 0.1) is 0 Å². The maximum Gasteiger partial charge on any atom is 0.472 e. The molecule has 0 aliphatic heterocycles. The quantitative estimate of drug-likeness (QED) is 0.0340. The molecule has 0 spiro atoms. The zero-order chi connectivity index (χ0) is 34.7. The predicted octanol–water partition coefficient (Wildman–Crippen LogP) is 8.88. The first kappa shape index (κ1) is 44.4. The van der Waals surface area contributed by atoms with Crippen LogP contribution in [0.4, 0.5) is 0 Å². The van der Waals surface area contributed by atoms with Gasteiger partial charge in [-0.2, -0.15) is 0 Å². The van der Waals surface area contributed by atoms with Crippen molar-refractivity contribution >= 4 is 13.7 Å². The van der Waals surface area contributed by atoms with Gasteiger partial charge in [0, 0.05) is 13.0 Å². The number of hydrogen-bond acceptors (Lipinski definition) is 6. The van der Waals surface area contributed by atoms with Gasteiger partial charge in [0.15, 0.2) is 0 Å². The molecule has 0 rings (SSSR count). The van der Waals surface area contributed by atoms with E-state index in [2.05, 4.69) is 91.2 Å². The maximum atomic E-state index is 12.6. The van der Waals surface area contributed by atoms with Gasteiger partial charge in [0.25, 0.3) is 0 Å². The molecule has 0 saturated heterocycles. The van der Waals surface area contributed by atoms with Crippen molar-refractivity contribution in [2.24, 2.45) is 5.73 Å². The summed E-state index contributed by atoms with van der Waals surface area (Å²) in [6, 6.07) is -0.904. The number of carbonyl (C=O) groups excluding carboxylic acids is 1. The van der Waals surface area contributed by atoms with E-state index in [-0.39, 0.29) is 32.1 Å². The molecule has 0 aromatic rings. The van der Waals surface area contributed by atoms with Crippen LogP contribution in [0.3, 0.4) is 0 Å². The van der Waals surface area contributed by atoms with Gasteiger partial charge in [-0.05, 0) is 84.0 Å². The fraction of sp³-hybridized carbons (Fsp3) is 0.553. The largest absolute Gasteiger partial charge is 0.472 e. The van der Waals surface area contributed by atoms with Crippen molar-refractivity contribution in [2.75, 3.05) is 19.8 Å². The Morgan fingerprint density at radius 3 is 1.85 bits per heavy atom. The number of nitrogens with two attached hydrogens (primary N) is 1. The van der Waals surface area contributed by atoms with Crippen LogP contribution in [0.15, 0.2) is 97.2 Å². The molecule has 266 valence electrons. The minimum absolute atomic E-state index is 0.0598.